The Morgan fingerprint density at radius 3 is 2.46 bits per heavy atom. The molecule has 0 heterocycles. The summed E-state index contributed by atoms with van der Waals surface area (Å²) in [7, 11) is 3.17. The first kappa shape index (κ1) is 19.8. The lowest BCUT2D eigenvalue weighted by Gasteiger charge is -2.22. The van der Waals surface area contributed by atoms with E-state index in [1.165, 1.54) is 0 Å². The van der Waals surface area contributed by atoms with Gasteiger partial charge >= 0.3 is 6.09 Å². The van der Waals surface area contributed by atoms with E-state index in [0.717, 1.165) is 5.56 Å². The van der Waals surface area contributed by atoms with Crippen molar-refractivity contribution in [3.8, 4) is 11.5 Å². The van der Waals surface area contributed by atoms with E-state index >= 15 is 0 Å². The Hall–Kier alpha value is -2.21. The van der Waals surface area contributed by atoms with Gasteiger partial charge in [-0.1, -0.05) is 18.2 Å². The summed E-state index contributed by atoms with van der Waals surface area (Å²) in [6.07, 6.45) is 3.70. The Kier molecular flexibility index (Phi) is 7.58. The van der Waals surface area contributed by atoms with E-state index in [9.17, 15) is 9.90 Å². The van der Waals surface area contributed by atoms with Gasteiger partial charge in [0, 0.05) is 0 Å². The van der Waals surface area contributed by atoms with E-state index in [-0.39, 0.29) is 6.61 Å². The van der Waals surface area contributed by atoms with Crippen LogP contribution in [-0.2, 0) is 4.74 Å². The van der Waals surface area contributed by atoms with Gasteiger partial charge in [-0.15, -0.1) is 0 Å². The van der Waals surface area contributed by atoms with E-state index < -0.39 is 17.7 Å². The summed E-state index contributed by atoms with van der Waals surface area (Å²) in [5.41, 5.74) is 0.362. The van der Waals surface area contributed by atoms with Crippen molar-refractivity contribution in [1.82, 2.24) is 5.32 Å². The lowest BCUT2D eigenvalue weighted by atomic mass is 10.1. The zero-order valence-electron chi connectivity index (χ0n) is 15.0. The maximum atomic E-state index is 11.7. The molecule has 1 unspecified atom stereocenters. The second-order valence-corrected chi connectivity index (χ2v) is 6.28. The molecule has 1 aromatic rings. The zero-order valence-corrected chi connectivity index (χ0v) is 15.0. The molecular formula is C18H27NO5. The molecule has 0 aliphatic rings. The van der Waals surface area contributed by atoms with Crippen LogP contribution < -0.4 is 14.8 Å². The predicted octanol–water partition coefficient (Wildman–Crippen LogP) is 2.99. The maximum absolute atomic E-state index is 11.7. The minimum absolute atomic E-state index is 0.171. The van der Waals surface area contributed by atoms with Gasteiger partial charge in [0.15, 0.2) is 11.5 Å². The molecule has 1 aromatic carbocycles. The highest BCUT2D eigenvalue weighted by molar-refractivity contribution is 5.68. The number of amides is 1. The van der Waals surface area contributed by atoms with Crippen LogP contribution in [0.4, 0.5) is 4.79 Å². The standard InChI is InChI=1S/C18H27NO5/c1-18(2,3)24-17(21)19-14(12-20)8-6-7-13-9-10-15(22-4)16(11-13)23-5/h6-7,9-11,14,20H,8,12H2,1-5H3,(H,19,21). The normalized spacial score (nSPS) is 12.8. The number of aliphatic hydroxyl groups is 1. The summed E-state index contributed by atoms with van der Waals surface area (Å²) in [5, 5.41) is 12.0. The van der Waals surface area contributed by atoms with Crippen molar-refractivity contribution in [2.24, 2.45) is 0 Å². The lowest BCUT2D eigenvalue weighted by Crippen LogP contribution is -2.40. The van der Waals surface area contributed by atoms with E-state index in [4.69, 9.17) is 14.2 Å². The van der Waals surface area contributed by atoms with Crippen LogP contribution >= 0.6 is 0 Å². The highest BCUT2D eigenvalue weighted by Gasteiger charge is 2.18. The van der Waals surface area contributed by atoms with Crippen LogP contribution in [0, 0.1) is 0 Å². The number of carbonyl (C=O) groups excluding carboxylic acids is 1. The summed E-state index contributed by atoms with van der Waals surface area (Å²) in [6.45, 7) is 5.20. The van der Waals surface area contributed by atoms with Crippen molar-refractivity contribution >= 4 is 12.2 Å². The van der Waals surface area contributed by atoms with Gasteiger partial charge in [0.2, 0.25) is 0 Å². The molecule has 0 fully saturated rings. The van der Waals surface area contributed by atoms with Crippen molar-refractivity contribution in [2.75, 3.05) is 20.8 Å². The molecule has 0 bridgehead atoms. The molecule has 0 radical (unpaired) electrons. The number of methoxy groups -OCH3 is 2. The fourth-order valence-corrected chi connectivity index (χ4v) is 1.98. The van der Waals surface area contributed by atoms with Crippen LogP contribution in [-0.4, -0.2) is 43.7 Å². The van der Waals surface area contributed by atoms with Crippen molar-refractivity contribution < 1.29 is 24.1 Å². The molecule has 0 saturated heterocycles. The van der Waals surface area contributed by atoms with Gasteiger partial charge in [0.25, 0.3) is 0 Å². The predicted molar refractivity (Wildman–Crippen MR) is 93.4 cm³/mol. The molecule has 6 heteroatoms. The molecule has 0 aliphatic carbocycles. The van der Waals surface area contributed by atoms with E-state index in [1.54, 1.807) is 35.0 Å². The van der Waals surface area contributed by atoms with Gasteiger partial charge < -0.3 is 24.6 Å². The fourth-order valence-electron chi connectivity index (χ4n) is 1.98. The molecule has 1 atom stereocenters. The van der Waals surface area contributed by atoms with Crippen LogP contribution in [0.5, 0.6) is 11.5 Å². The molecule has 2 N–H and O–H groups in total. The Bertz CT molecular complexity index is 563. The first-order valence-corrected chi connectivity index (χ1v) is 7.78. The third-order valence-electron chi connectivity index (χ3n) is 3.08. The van der Waals surface area contributed by atoms with Crippen LogP contribution in [0.2, 0.25) is 0 Å². The Balaban J connectivity index is 2.62. The second-order valence-electron chi connectivity index (χ2n) is 6.28. The van der Waals surface area contributed by atoms with Gasteiger partial charge in [-0.2, -0.15) is 0 Å². The largest absolute Gasteiger partial charge is 0.493 e. The van der Waals surface area contributed by atoms with Crippen molar-refractivity contribution in [3.05, 3.63) is 29.8 Å². The highest BCUT2D eigenvalue weighted by Crippen LogP contribution is 2.28. The smallest absolute Gasteiger partial charge is 0.407 e. The number of aliphatic hydroxyl groups excluding tert-OH is 1. The van der Waals surface area contributed by atoms with Crippen LogP contribution in [0.3, 0.4) is 0 Å². The van der Waals surface area contributed by atoms with Gasteiger partial charge in [-0.05, 0) is 44.9 Å². The number of hydrogen-bond donors (Lipinski definition) is 2. The first-order valence-electron chi connectivity index (χ1n) is 7.78. The molecule has 1 rings (SSSR count). The fraction of sp³-hybridized carbons (Fsp3) is 0.500. The Morgan fingerprint density at radius 2 is 1.92 bits per heavy atom. The Labute approximate surface area is 143 Å². The van der Waals surface area contributed by atoms with Crippen LogP contribution in [0.25, 0.3) is 6.08 Å². The van der Waals surface area contributed by atoms with E-state index in [0.29, 0.717) is 17.9 Å². The molecule has 0 spiro atoms. The molecule has 0 aliphatic heterocycles. The summed E-state index contributed by atoms with van der Waals surface area (Å²) >= 11 is 0. The highest BCUT2D eigenvalue weighted by atomic mass is 16.6. The lowest BCUT2D eigenvalue weighted by molar-refractivity contribution is 0.0484. The summed E-state index contributed by atoms with van der Waals surface area (Å²) in [6, 6.07) is 5.16. The number of rotatable bonds is 7. The van der Waals surface area contributed by atoms with E-state index in [1.807, 2.05) is 30.4 Å². The topological polar surface area (TPSA) is 77.0 Å². The van der Waals surface area contributed by atoms with Crippen LogP contribution in [0.15, 0.2) is 24.3 Å². The third kappa shape index (κ3) is 6.91. The Morgan fingerprint density at radius 1 is 1.25 bits per heavy atom. The maximum Gasteiger partial charge on any atom is 0.407 e. The minimum Gasteiger partial charge on any atom is -0.493 e. The van der Waals surface area contributed by atoms with E-state index in [2.05, 4.69) is 5.32 Å². The number of benzene rings is 1. The summed E-state index contributed by atoms with van der Waals surface area (Å²) < 4.78 is 15.6. The van der Waals surface area contributed by atoms with Crippen LogP contribution in [0.1, 0.15) is 32.8 Å². The molecular weight excluding hydrogens is 310 g/mol. The first-order chi connectivity index (χ1) is 11.3. The van der Waals surface area contributed by atoms with Crippen molar-refractivity contribution in [3.63, 3.8) is 0 Å². The molecule has 1 amide bonds. The number of hydrogen-bond acceptors (Lipinski definition) is 5. The molecule has 0 saturated carbocycles. The minimum atomic E-state index is -0.570. The average Bonchev–Trinajstić information content (AvgIpc) is 2.51. The van der Waals surface area contributed by atoms with Gasteiger partial charge in [-0.25, -0.2) is 4.79 Å². The van der Waals surface area contributed by atoms with Gasteiger partial charge in [0.1, 0.15) is 5.60 Å². The van der Waals surface area contributed by atoms with Gasteiger partial charge in [-0.3, -0.25) is 0 Å². The quantitative estimate of drug-likeness (QED) is 0.800. The van der Waals surface area contributed by atoms with Crippen molar-refractivity contribution in [2.45, 2.75) is 38.8 Å². The second kappa shape index (κ2) is 9.17. The van der Waals surface area contributed by atoms with Crippen molar-refractivity contribution in [1.29, 1.82) is 0 Å². The molecule has 24 heavy (non-hydrogen) atoms. The summed E-state index contributed by atoms with van der Waals surface area (Å²) in [5.74, 6) is 1.31. The monoisotopic (exact) mass is 337 g/mol. The zero-order chi connectivity index (χ0) is 18.2. The molecule has 134 valence electrons. The molecule has 0 aromatic heterocycles. The average molecular weight is 337 g/mol. The molecule has 6 nitrogen and oxygen atoms in total. The van der Waals surface area contributed by atoms with Gasteiger partial charge in [0.05, 0.1) is 26.9 Å². The number of ether oxygens (including phenoxy) is 3. The summed E-state index contributed by atoms with van der Waals surface area (Å²) in [4.78, 5) is 11.7. The third-order valence-corrected chi connectivity index (χ3v) is 3.08. The number of nitrogens with one attached hydrogen (secondary N) is 1. The number of carbonyl (C=O) groups is 1. The number of alkyl carbamates (subject to hydrolysis) is 1. The SMILES string of the molecule is COc1ccc(C=CCC(CO)NC(=O)OC(C)(C)C)cc1OC.